The molecule has 1 rings (SSSR count). The lowest BCUT2D eigenvalue weighted by Gasteiger charge is -2.17. The van der Waals surface area contributed by atoms with Crippen LogP contribution in [0, 0.1) is 0 Å². The van der Waals surface area contributed by atoms with E-state index < -0.39 is 5.54 Å². The van der Waals surface area contributed by atoms with E-state index in [0.717, 1.165) is 17.8 Å². The van der Waals surface area contributed by atoms with Crippen LogP contribution in [0.1, 0.15) is 30.7 Å². The highest BCUT2D eigenvalue weighted by Gasteiger charge is 2.20. The normalized spacial score (nSPS) is 11.5. The summed E-state index contributed by atoms with van der Waals surface area (Å²) >= 11 is 1.70. The van der Waals surface area contributed by atoms with E-state index in [1.54, 1.807) is 25.2 Å². The van der Waals surface area contributed by atoms with Crippen LogP contribution in [-0.4, -0.2) is 23.0 Å². The summed E-state index contributed by atoms with van der Waals surface area (Å²) in [7, 11) is 0. The minimum atomic E-state index is -0.808. The molecule has 4 nitrogen and oxygen atoms in total. The van der Waals surface area contributed by atoms with Gasteiger partial charge in [-0.2, -0.15) is 0 Å². The van der Waals surface area contributed by atoms with Crippen molar-refractivity contribution in [1.29, 1.82) is 0 Å². The first kappa shape index (κ1) is 13.1. The minimum absolute atomic E-state index is 0.125. The van der Waals surface area contributed by atoms with Gasteiger partial charge in [-0.1, -0.05) is 6.92 Å². The Kier molecular flexibility index (Phi) is 4.44. The molecule has 0 fully saturated rings. The van der Waals surface area contributed by atoms with Crippen LogP contribution < -0.4 is 11.1 Å². The van der Waals surface area contributed by atoms with Crippen LogP contribution in [0.15, 0.2) is 6.20 Å². The van der Waals surface area contributed by atoms with Crippen molar-refractivity contribution >= 4 is 17.2 Å². The Morgan fingerprint density at radius 1 is 1.62 bits per heavy atom. The van der Waals surface area contributed by atoms with Gasteiger partial charge in [0.25, 0.3) is 0 Å². The Morgan fingerprint density at radius 2 is 2.31 bits per heavy atom. The summed E-state index contributed by atoms with van der Waals surface area (Å²) in [4.78, 5) is 17.0. The monoisotopic (exact) mass is 241 g/mol. The second-order valence-corrected chi connectivity index (χ2v) is 5.50. The molecular formula is C11H19N3OS. The van der Waals surface area contributed by atoms with Gasteiger partial charge >= 0.3 is 0 Å². The van der Waals surface area contributed by atoms with Gasteiger partial charge in [0.1, 0.15) is 0 Å². The molecule has 0 aliphatic rings. The van der Waals surface area contributed by atoms with E-state index in [9.17, 15) is 4.79 Å². The van der Waals surface area contributed by atoms with Crippen molar-refractivity contribution in [2.45, 2.75) is 39.2 Å². The van der Waals surface area contributed by atoms with Gasteiger partial charge in [-0.3, -0.25) is 4.79 Å². The molecular weight excluding hydrogens is 222 g/mol. The number of aryl methyl sites for hydroxylation is 1. The first-order valence-electron chi connectivity index (χ1n) is 5.44. The lowest BCUT2D eigenvalue weighted by atomic mass is 10.1. The maximum absolute atomic E-state index is 11.5. The maximum atomic E-state index is 11.5. The van der Waals surface area contributed by atoms with E-state index in [1.807, 2.05) is 6.20 Å². The highest BCUT2D eigenvalue weighted by Crippen LogP contribution is 2.13. The van der Waals surface area contributed by atoms with Crippen molar-refractivity contribution in [1.82, 2.24) is 10.3 Å². The number of nitrogens with two attached hydrogens (primary N) is 1. The average Bonchev–Trinajstić information content (AvgIpc) is 2.64. The molecule has 0 radical (unpaired) electrons. The van der Waals surface area contributed by atoms with Gasteiger partial charge in [-0.05, 0) is 20.3 Å². The largest absolute Gasteiger partial charge is 0.354 e. The highest BCUT2D eigenvalue weighted by atomic mass is 32.1. The van der Waals surface area contributed by atoms with Gasteiger partial charge in [0, 0.05) is 24.0 Å². The SMILES string of the molecule is CCc1cnc(CCNC(=O)C(C)(C)N)s1. The standard InChI is InChI=1S/C11H19N3OS/c1-4-8-7-14-9(16-8)5-6-13-10(15)11(2,3)12/h7H,4-6,12H2,1-3H3,(H,13,15). The molecule has 1 aromatic heterocycles. The van der Waals surface area contributed by atoms with Crippen LogP contribution >= 0.6 is 11.3 Å². The quantitative estimate of drug-likeness (QED) is 0.811. The number of amides is 1. The van der Waals surface area contributed by atoms with Gasteiger partial charge < -0.3 is 11.1 Å². The molecule has 3 N–H and O–H groups in total. The number of aromatic nitrogens is 1. The molecule has 1 aromatic rings. The molecule has 0 aliphatic heterocycles. The Bertz CT molecular complexity index is 354. The van der Waals surface area contributed by atoms with E-state index in [2.05, 4.69) is 17.2 Å². The number of hydrogen-bond acceptors (Lipinski definition) is 4. The maximum Gasteiger partial charge on any atom is 0.239 e. The number of carbonyl (C=O) groups is 1. The number of hydrogen-bond donors (Lipinski definition) is 2. The molecule has 1 amide bonds. The summed E-state index contributed by atoms with van der Waals surface area (Å²) in [6.07, 6.45) is 3.68. The molecule has 1 heterocycles. The van der Waals surface area contributed by atoms with E-state index >= 15 is 0 Å². The molecule has 0 unspecified atom stereocenters. The lowest BCUT2D eigenvalue weighted by molar-refractivity contribution is -0.125. The Balaban J connectivity index is 2.33. The molecule has 90 valence electrons. The molecule has 5 heteroatoms. The summed E-state index contributed by atoms with van der Waals surface area (Å²) in [5, 5.41) is 3.86. The molecule has 16 heavy (non-hydrogen) atoms. The topological polar surface area (TPSA) is 68.0 Å². The van der Waals surface area contributed by atoms with Crippen molar-refractivity contribution in [2.24, 2.45) is 5.73 Å². The van der Waals surface area contributed by atoms with Crippen molar-refractivity contribution in [3.05, 3.63) is 16.1 Å². The minimum Gasteiger partial charge on any atom is -0.354 e. The third kappa shape index (κ3) is 3.90. The summed E-state index contributed by atoms with van der Waals surface area (Å²) in [6.45, 7) is 6.09. The third-order valence-corrected chi connectivity index (χ3v) is 3.36. The molecule has 0 spiro atoms. The lowest BCUT2D eigenvalue weighted by Crippen LogP contribution is -2.49. The number of carbonyl (C=O) groups excluding carboxylic acids is 1. The fourth-order valence-electron chi connectivity index (χ4n) is 1.14. The molecule has 0 aromatic carbocycles. The van der Waals surface area contributed by atoms with Gasteiger partial charge in [0.05, 0.1) is 10.5 Å². The zero-order valence-electron chi connectivity index (χ0n) is 10.0. The predicted molar refractivity (Wildman–Crippen MR) is 66.5 cm³/mol. The molecule has 0 aliphatic carbocycles. The second kappa shape index (κ2) is 5.41. The zero-order chi connectivity index (χ0) is 12.2. The van der Waals surface area contributed by atoms with Crippen molar-refractivity contribution < 1.29 is 4.79 Å². The number of nitrogens with zero attached hydrogens (tertiary/aromatic N) is 1. The molecule has 0 saturated carbocycles. The first-order chi connectivity index (χ1) is 7.43. The van der Waals surface area contributed by atoms with Crippen molar-refractivity contribution in [3.8, 4) is 0 Å². The Hall–Kier alpha value is -0.940. The first-order valence-corrected chi connectivity index (χ1v) is 6.26. The Labute approximate surface area is 100 Å². The van der Waals surface area contributed by atoms with E-state index in [0.29, 0.717) is 6.54 Å². The van der Waals surface area contributed by atoms with Crippen molar-refractivity contribution in [2.75, 3.05) is 6.54 Å². The zero-order valence-corrected chi connectivity index (χ0v) is 10.9. The van der Waals surface area contributed by atoms with Gasteiger partial charge in [0.2, 0.25) is 5.91 Å². The van der Waals surface area contributed by atoms with Crippen LogP contribution in [0.25, 0.3) is 0 Å². The summed E-state index contributed by atoms with van der Waals surface area (Å²) in [6, 6.07) is 0. The highest BCUT2D eigenvalue weighted by molar-refractivity contribution is 7.11. The Morgan fingerprint density at radius 3 is 2.81 bits per heavy atom. The van der Waals surface area contributed by atoms with Crippen molar-refractivity contribution in [3.63, 3.8) is 0 Å². The second-order valence-electron chi connectivity index (χ2n) is 4.30. The number of nitrogens with one attached hydrogen (secondary N) is 1. The number of rotatable bonds is 5. The van der Waals surface area contributed by atoms with Gasteiger partial charge in [-0.15, -0.1) is 11.3 Å². The van der Waals surface area contributed by atoms with E-state index in [4.69, 9.17) is 5.73 Å². The van der Waals surface area contributed by atoms with Crippen LogP contribution in [-0.2, 0) is 17.6 Å². The summed E-state index contributed by atoms with van der Waals surface area (Å²) < 4.78 is 0. The summed E-state index contributed by atoms with van der Waals surface area (Å²) in [5.41, 5.74) is 4.85. The van der Waals surface area contributed by atoms with Crippen LogP contribution in [0.4, 0.5) is 0 Å². The van der Waals surface area contributed by atoms with Gasteiger partial charge in [0.15, 0.2) is 0 Å². The number of thiazole rings is 1. The smallest absolute Gasteiger partial charge is 0.239 e. The van der Waals surface area contributed by atoms with E-state index in [-0.39, 0.29) is 5.91 Å². The molecule has 0 atom stereocenters. The van der Waals surface area contributed by atoms with Crippen LogP contribution in [0.3, 0.4) is 0 Å². The third-order valence-electron chi connectivity index (χ3n) is 2.16. The fourth-order valence-corrected chi connectivity index (χ4v) is 2.00. The molecule has 0 saturated heterocycles. The predicted octanol–water partition coefficient (Wildman–Crippen LogP) is 1.10. The fraction of sp³-hybridized carbons (Fsp3) is 0.636. The molecule has 0 bridgehead atoms. The van der Waals surface area contributed by atoms with E-state index in [1.165, 1.54) is 4.88 Å². The van der Waals surface area contributed by atoms with Crippen LogP contribution in [0.5, 0.6) is 0 Å². The summed E-state index contributed by atoms with van der Waals surface area (Å²) in [5.74, 6) is -0.125. The van der Waals surface area contributed by atoms with Crippen LogP contribution in [0.2, 0.25) is 0 Å². The van der Waals surface area contributed by atoms with Gasteiger partial charge in [-0.25, -0.2) is 4.98 Å². The average molecular weight is 241 g/mol.